The first kappa shape index (κ1) is 17.9. The average molecular weight is 399 g/mol. The van der Waals surface area contributed by atoms with E-state index in [0.29, 0.717) is 12.2 Å². The Morgan fingerprint density at radius 3 is 3.00 bits per heavy atom. The van der Waals surface area contributed by atoms with Gasteiger partial charge in [0.15, 0.2) is 0 Å². The molecule has 0 saturated heterocycles. The third-order valence-corrected chi connectivity index (χ3v) is 7.43. The van der Waals surface area contributed by atoms with Crippen molar-refractivity contribution in [3.05, 3.63) is 35.8 Å². The molecule has 1 amide bonds. The second-order valence-corrected chi connectivity index (χ2v) is 13.3. The smallest absolute Gasteiger partial charge is 0.225 e. The zero-order valence-electron chi connectivity index (χ0n) is 15.7. The van der Waals surface area contributed by atoms with Gasteiger partial charge in [0.25, 0.3) is 0 Å². The molecule has 140 valence electrons. The maximum atomic E-state index is 11.8. The van der Waals surface area contributed by atoms with Crippen molar-refractivity contribution in [3.63, 3.8) is 0 Å². The maximum absolute atomic E-state index is 11.8. The molecule has 3 aromatic heterocycles. The molecule has 4 heterocycles. The zero-order chi connectivity index (χ0) is 19.0. The van der Waals surface area contributed by atoms with Gasteiger partial charge in [0, 0.05) is 18.8 Å². The van der Waals surface area contributed by atoms with E-state index in [9.17, 15) is 4.79 Å². The van der Waals surface area contributed by atoms with Crippen LogP contribution >= 0.6 is 11.3 Å². The third kappa shape index (κ3) is 3.54. The van der Waals surface area contributed by atoms with E-state index in [-0.39, 0.29) is 5.91 Å². The molecule has 3 aromatic rings. The molecule has 1 N–H and O–H groups in total. The second kappa shape index (κ2) is 6.93. The topological polar surface area (TPSA) is 69.0 Å². The number of hydrogen-bond acceptors (Lipinski definition) is 5. The summed E-state index contributed by atoms with van der Waals surface area (Å²) in [5, 5.41) is 9.79. The molecule has 0 unspecified atom stereocenters. The van der Waals surface area contributed by atoms with Crippen LogP contribution in [0.4, 0.5) is 5.82 Å². The van der Waals surface area contributed by atoms with Gasteiger partial charge < -0.3 is 10.1 Å². The van der Waals surface area contributed by atoms with Gasteiger partial charge in [-0.3, -0.25) is 4.79 Å². The first-order chi connectivity index (χ1) is 13.0. The Morgan fingerprint density at radius 1 is 1.41 bits per heavy atom. The number of pyridine rings is 1. The molecule has 0 atom stereocenters. The summed E-state index contributed by atoms with van der Waals surface area (Å²) in [5.41, 5.74) is 2.84. The number of thiophene rings is 1. The highest BCUT2D eigenvalue weighted by Crippen LogP contribution is 2.42. The Hall–Kier alpha value is -2.45. The van der Waals surface area contributed by atoms with E-state index in [0.717, 1.165) is 40.0 Å². The largest absolute Gasteiger partial charge is 0.481 e. The van der Waals surface area contributed by atoms with E-state index in [1.54, 1.807) is 17.5 Å². The summed E-state index contributed by atoms with van der Waals surface area (Å²) < 4.78 is 8.22. The standard InChI is InChI=1S/C19H22N4O2SSi/c1-4-16(24)21-15-10-13(7-8-20-15)17-18(14-6-5-9-26-14)22-23-11-27(2,3)12-25-19(17)23/h5-10H,4,11-12H2,1-3H3,(H,20,21,24). The summed E-state index contributed by atoms with van der Waals surface area (Å²) >= 11 is 1.66. The quantitative estimate of drug-likeness (QED) is 0.669. The van der Waals surface area contributed by atoms with Crippen molar-refractivity contribution in [3.8, 4) is 27.6 Å². The van der Waals surface area contributed by atoms with Crippen LogP contribution < -0.4 is 10.1 Å². The number of carbonyl (C=O) groups is 1. The minimum atomic E-state index is -1.46. The normalized spacial score (nSPS) is 15.1. The monoisotopic (exact) mass is 398 g/mol. The number of aromatic nitrogens is 3. The SMILES string of the molecule is CCC(=O)Nc1cc(-c2c(-c3cccs3)nn3c2OC[Si](C)(C)C3)ccn1. The minimum absolute atomic E-state index is 0.0563. The van der Waals surface area contributed by atoms with Crippen molar-refractivity contribution in [1.82, 2.24) is 14.8 Å². The van der Waals surface area contributed by atoms with Crippen molar-refractivity contribution in [2.75, 3.05) is 11.5 Å². The number of carbonyl (C=O) groups excluding carboxylic acids is 1. The van der Waals surface area contributed by atoms with Gasteiger partial charge in [-0.05, 0) is 29.1 Å². The Bertz CT molecular complexity index is 982. The predicted molar refractivity (Wildman–Crippen MR) is 111 cm³/mol. The van der Waals surface area contributed by atoms with Crippen molar-refractivity contribution in [1.29, 1.82) is 0 Å². The summed E-state index contributed by atoms with van der Waals surface area (Å²) in [5.74, 6) is 1.30. The third-order valence-electron chi connectivity index (χ3n) is 4.48. The van der Waals surface area contributed by atoms with Gasteiger partial charge in [0.2, 0.25) is 11.8 Å². The Morgan fingerprint density at radius 2 is 2.26 bits per heavy atom. The molecular formula is C19H22N4O2SSi. The lowest BCUT2D eigenvalue weighted by Gasteiger charge is -2.28. The fourth-order valence-corrected chi connectivity index (χ4v) is 5.51. The number of anilines is 1. The lowest BCUT2D eigenvalue weighted by Crippen LogP contribution is -2.44. The molecule has 0 radical (unpaired) electrons. The highest BCUT2D eigenvalue weighted by molar-refractivity contribution is 7.13. The number of fused-ring (bicyclic) bond motifs is 1. The van der Waals surface area contributed by atoms with Gasteiger partial charge in [0.05, 0.1) is 16.7 Å². The molecule has 27 heavy (non-hydrogen) atoms. The molecule has 1 aliphatic heterocycles. The lowest BCUT2D eigenvalue weighted by atomic mass is 10.1. The Labute approximate surface area is 163 Å². The van der Waals surface area contributed by atoms with Crippen LogP contribution in [-0.2, 0) is 11.0 Å². The Kier molecular flexibility index (Phi) is 4.61. The molecule has 0 fully saturated rings. The van der Waals surface area contributed by atoms with E-state index in [1.165, 1.54) is 0 Å². The van der Waals surface area contributed by atoms with Crippen LogP contribution in [0.2, 0.25) is 13.1 Å². The Balaban J connectivity index is 1.84. The van der Waals surface area contributed by atoms with Crippen molar-refractivity contribution in [2.24, 2.45) is 0 Å². The predicted octanol–water partition coefficient (Wildman–Crippen LogP) is 4.20. The maximum Gasteiger partial charge on any atom is 0.225 e. The number of nitrogens with one attached hydrogen (secondary N) is 1. The summed E-state index contributed by atoms with van der Waals surface area (Å²) in [6.07, 6.45) is 3.84. The number of rotatable bonds is 4. The van der Waals surface area contributed by atoms with E-state index < -0.39 is 8.07 Å². The lowest BCUT2D eigenvalue weighted by molar-refractivity contribution is -0.115. The van der Waals surface area contributed by atoms with Crippen LogP contribution in [0.3, 0.4) is 0 Å². The van der Waals surface area contributed by atoms with E-state index in [1.807, 2.05) is 29.8 Å². The molecule has 0 aliphatic carbocycles. The van der Waals surface area contributed by atoms with E-state index in [4.69, 9.17) is 9.84 Å². The number of hydrogen-bond donors (Lipinski definition) is 1. The van der Waals surface area contributed by atoms with Crippen molar-refractivity contribution in [2.45, 2.75) is 32.6 Å². The average Bonchev–Trinajstić information content (AvgIpc) is 3.28. The molecule has 0 spiro atoms. The fraction of sp³-hybridized carbons (Fsp3) is 0.316. The molecule has 0 aromatic carbocycles. The molecule has 8 heteroatoms. The van der Waals surface area contributed by atoms with Crippen molar-refractivity contribution < 1.29 is 9.53 Å². The van der Waals surface area contributed by atoms with E-state index >= 15 is 0 Å². The fourth-order valence-electron chi connectivity index (χ4n) is 3.15. The summed E-state index contributed by atoms with van der Waals surface area (Å²) in [6.45, 7) is 6.45. The van der Waals surface area contributed by atoms with Crippen LogP contribution in [0, 0.1) is 0 Å². The van der Waals surface area contributed by atoms with E-state index in [2.05, 4.69) is 34.8 Å². The molecule has 0 bridgehead atoms. The zero-order valence-corrected chi connectivity index (χ0v) is 17.5. The minimum Gasteiger partial charge on any atom is -0.481 e. The van der Waals surface area contributed by atoms with Crippen LogP contribution in [0.5, 0.6) is 5.88 Å². The first-order valence-electron chi connectivity index (χ1n) is 9.00. The molecule has 0 saturated carbocycles. The molecule has 6 nitrogen and oxygen atoms in total. The highest BCUT2D eigenvalue weighted by atomic mass is 32.1. The van der Waals surface area contributed by atoms with Crippen LogP contribution in [0.1, 0.15) is 13.3 Å². The summed E-state index contributed by atoms with van der Waals surface area (Å²) in [6, 6.07) is 7.94. The summed E-state index contributed by atoms with van der Waals surface area (Å²) in [7, 11) is -1.46. The van der Waals surface area contributed by atoms with Crippen molar-refractivity contribution >= 4 is 31.1 Å². The van der Waals surface area contributed by atoms with Gasteiger partial charge in [-0.2, -0.15) is 5.10 Å². The molecular weight excluding hydrogens is 376 g/mol. The van der Waals surface area contributed by atoms with Crippen LogP contribution in [-0.4, -0.2) is 35.0 Å². The highest BCUT2D eigenvalue weighted by Gasteiger charge is 2.34. The van der Waals surface area contributed by atoms with Crippen LogP contribution in [0.25, 0.3) is 21.7 Å². The van der Waals surface area contributed by atoms with Gasteiger partial charge in [-0.25, -0.2) is 9.67 Å². The van der Waals surface area contributed by atoms with Gasteiger partial charge in [0.1, 0.15) is 19.6 Å². The molecule has 1 aliphatic rings. The number of amides is 1. The van der Waals surface area contributed by atoms with Gasteiger partial charge in [-0.15, -0.1) is 11.3 Å². The van der Waals surface area contributed by atoms with Crippen LogP contribution in [0.15, 0.2) is 35.8 Å². The first-order valence-corrected chi connectivity index (χ1v) is 13.3. The second-order valence-electron chi connectivity index (χ2n) is 7.45. The number of ether oxygens (including phenoxy) is 1. The van der Waals surface area contributed by atoms with Gasteiger partial charge >= 0.3 is 0 Å². The summed E-state index contributed by atoms with van der Waals surface area (Å²) in [4.78, 5) is 17.1. The number of nitrogens with zero attached hydrogens (tertiary/aromatic N) is 3. The van der Waals surface area contributed by atoms with Gasteiger partial charge in [-0.1, -0.05) is 26.1 Å². The molecule has 4 rings (SSSR count).